The Morgan fingerprint density at radius 2 is 1.96 bits per heavy atom. The number of carbonyl (C=O) groups excluding carboxylic acids is 1. The van der Waals surface area contributed by atoms with E-state index in [1.54, 1.807) is 0 Å². The summed E-state index contributed by atoms with van der Waals surface area (Å²) in [4.78, 5) is 27.4. The zero-order valence-electron chi connectivity index (χ0n) is 13.7. The van der Waals surface area contributed by atoms with Crippen LogP contribution in [0.15, 0.2) is 28.4 Å². The minimum atomic E-state index is -3.24. The number of amides is 1. The van der Waals surface area contributed by atoms with Crippen molar-refractivity contribution < 1.29 is 13.2 Å². The Labute approximate surface area is 141 Å². The molecule has 1 aromatic rings. The van der Waals surface area contributed by atoms with E-state index in [0.29, 0.717) is 0 Å². The topological polar surface area (TPSA) is 96.1 Å². The molecule has 0 aromatic carbocycles. The fraction of sp³-hybridized carbons (Fsp3) is 0.529. The molecule has 1 fully saturated rings. The third kappa shape index (κ3) is 3.45. The lowest BCUT2D eigenvalue weighted by atomic mass is 9.73. The Balaban J connectivity index is 1.76. The van der Waals surface area contributed by atoms with E-state index in [0.717, 1.165) is 36.8 Å². The molecule has 2 heterocycles. The van der Waals surface area contributed by atoms with Crippen molar-refractivity contribution in [1.29, 1.82) is 0 Å². The van der Waals surface area contributed by atoms with Gasteiger partial charge in [0.2, 0.25) is 0 Å². The molecule has 6 nitrogen and oxygen atoms in total. The smallest absolute Gasteiger partial charge is 0.261 e. The molecule has 1 aromatic heterocycles. The lowest BCUT2D eigenvalue weighted by Crippen LogP contribution is -2.39. The van der Waals surface area contributed by atoms with Crippen LogP contribution in [0.1, 0.15) is 55.1 Å². The van der Waals surface area contributed by atoms with Crippen molar-refractivity contribution in [2.24, 2.45) is 0 Å². The largest absolute Gasteiger partial charge is 0.345 e. The molecule has 24 heavy (non-hydrogen) atoms. The summed E-state index contributed by atoms with van der Waals surface area (Å²) in [6, 6.07) is 2.76. The molecule has 2 N–H and O–H groups in total. The van der Waals surface area contributed by atoms with E-state index in [2.05, 4.69) is 17.2 Å². The zero-order chi connectivity index (χ0) is 17.4. The third-order valence-corrected chi connectivity index (χ3v) is 6.40. The highest BCUT2D eigenvalue weighted by molar-refractivity contribution is 7.94. The van der Waals surface area contributed by atoms with Gasteiger partial charge in [0.25, 0.3) is 11.5 Å². The molecule has 2 aliphatic rings. The monoisotopic (exact) mass is 350 g/mol. The normalized spacial score (nSPS) is 24.6. The van der Waals surface area contributed by atoms with Crippen molar-refractivity contribution in [1.82, 2.24) is 10.3 Å². The predicted molar refractivity (Wildman–Crippen MR) is 91.7 cm³/mol. The van der Waals surface area contributed by atoms with Crippen molar-refractivity contribution in [2.45, 2.75) is 50.5 Å². The number of rotatable bonds is 3. The van der Waals surface area contributed by atoms with Gasteiger partial charge in [-0.3, -0.25) is 9.59 Å². The Morgan fingerprint density at radius 3 is 2.54 bits per heavy atom. The standard InChI is InChI=1S/C17H22N2O4S/c1-17(8-3-2-4-9-17)14-6-5-13(16(21)19-14)15(20)18-12-7-10-24(22,23)11-12/h5-7,10,12H,2-4,8-9,11H2,1H3,(H,18,20)(H,19,21)/t12-/m1/s1. The predicted octanol–water partition coefficient (Wildman–Crippen LogP) is 1.64. The highest BCUT2D eigenvalue weighted by Crippen LogP contribution is 2.37. The van der Waals surface area contributed by atoms with Gasteiger partial charge in [-0.25, -0.2) is 8.42 Å². The van der Waals surface area contributed by atoms with E-state index < -0.39 is 27.3 Å². The highest BCUT2D eigenvalue weighted by atomic mass is 32.2. The van der Waals surface area contributed by atoms with Crippen LogP contribution in [0.5, 0.6) is 0 Å². The second-order valence-electron chi connectivity index (χ2n) is 6.97. The van der Waals surface area contributed by atoms with Crippen molar-refractivity contribution in [2.75, 3.05) is 5.75 Å². The Bertz CT molecular complexity index is 832. The van der Waals surface area contributed by atoms with Gasteiger partial charge in [-0.05, 0) is 31.1 Å². The van der Waals surface area contributed by atoms with Crippen LogP contribution in [0.3, 0.4) is 0 Å². The van der Waals surface area contributed by atoms with Crippen LogP contribution in [-0.2, 0) is 15.3 Å². The molecular weight excluding hydrogens is 328 g/mol. The number of nitrogens with one attached hydrogen (secondary N) is 2. The molecule has 130 valence electrons. The Kier molecular flexibility index (Phi) is 4.38. The van der Waals surface area contributed by atoms with Crippen LogP contribution in [0.4, 0.5) is 0 Å². The van der Waals surface area contributed by atoms with Gasteiger partial charge in [-0.1, -0.05) is 26.2 Å². The van der Waals surface area contributed by atoms with Crippen LogP contribution in [0.2, 0.25) is 0 Å². The van der Waals surface area contributed by atoms with Crippen molar-refractivity contribution in [3.63, 3.8) is 0 Å². The molecule has 1 aliphatic heterocycles. The molecule has 0 saturated heterocycles. The summed E-state index contributed by atoms with van der Waals surface area (Å²) >= 11 is 0. The number of sulfone groups is 1. The number of hydrogen-bond acceptors (Lipinski definition) is 4. The quantitative estimate of drug-likeness (QED) is 0.866. The molecule has 0 radical (unpaired) electrons. The Hall–Kier alpha value is -1.89. The first-order valence-electron chi connectivity index (χ1n) is 8.25. The first-order valence-corrected chi connectivity index (χ1v) is 9.96. The fourth-order valence-electron chi connectivity index (χ4n) is 3.52. The molecule has 7 heteroatoms. The zero-order valence-corrected chi connectivity index (χ0v) is 14.5. The first kappa shape index (κ1) is 17.0. The summed E-state index contributed by atoms with van der Waals surface area (Å²) in [6.07, 6.45) is 6.99. The van der Waals surface area contributed by atoms with Gasteiger partial charge in [0, 0.05) is 16.5 Å². The number of aromatic amines is 1. The summed E-state index contributed by atoms with van der Waals surface area (Å²) in [7, 11) is -3.24. The maximum Gasteiger partial charge on any atom is 0.261 e. The lowest BCUT2D eigenvalue weighted by Gasteiger charge is -2.33. The molecule has 0 bridgehead atoms. The van der Waals surface area contributed by atoms with E-state index in [9.17, 15) is 18.0 Å². The molecule has 1 saturated carbocycles. The number of aromatic nitrogens is 1. The van der Waals surface area contributed by atoms with E-state index in [4.69, 9.17) is 0 Å². The molecule has 0 spiro atoms. The van der Waals surface area contributed by atoms with Gasteiger partial charge in [-0.15, -0.1) is 0 Å². The number of hydrogen-bond donors (Lipinski definition) is 2. The van der Waals surface area contributed by atoms with Crippen LogP contribution in [0.25, 0.3) is 0 Å². The Morgan fingerprint density at radius 1 is 1.25 bits per heavy atom. The molecule has 1 amide bonds. The van der Waals surface area contributed by atoms with Gasteiger partial charge >= 0.3 is 0 Å². The van der Waals surface area contributed by atoms with Crippen LogP contribution >= 0.6 is 0 Å². The van der Waals surface area contributed by atoms with Crippen LogP contribution < -0.4 is 10.9 Å². The van der Waals surface area contributed by atoms with Gasteiger partial charge < -0.3 is 10.3 Å². The lowest BCUT2D eigenvalue weighted by molar-refractivity contribution is 0.0946. The minimum absolute atomic E-state index is 0.0101. The molecule has 1 atom stereocenters. The van der Waals surface area contributed by atoms with E-state index in [-0.39, 0.29) is 16.7 Å². The summed E-state index contributed by atoms with van der Waals surface area (Å²) in [5.74, 6) is -0.712. The third-order valence-electron chi connectivity index (χ3n) is 5.01. The second-order valence-corrected chi connectivity index (χ2v) is 8.91. The van der Waals surface area contributed by atoms with Crippen molar-refractivity contribution in [3.05, 3.63) is 45.2 Å². The maximum absolute atomic E-state index is 12.3. The van der Waals surface area contributed by atoms with Gasteiger partial charge in [0.15, 0.2) is 9.84 Å². The van der Waals surface area contributed by atoms with E-state index in [1.165, 1.54) is 18.6 Å². The summed E-state index contributed by atoms with van der Waals surface area (Å²) < 4.78 is 22.8. The fourth-order valence-corrected chi connectivity index (χ4v) is 4.75. The molecule has 1 aliphatic carbocycles. The number of carbonyl (C=O) groups is 1. The van der Waals surface area contributed by atoms with Crippen LogP contribution in [-0.4, -0.2) is 31.1 Å². The summed E-state index contributed by atoms with van der Waals surface area (Å²) in [6.45, 7) is 2.14. The maximum atomic E-state index is 12.3. The molecule has 3 rings (SSSR count). The van der Waals surface area contributed by atoms with Crippen molar-refractivity contribution >= 4 is 15.7 Å². The summed E-state index contributed by atoms with van der Waals surface area (Å²) in [5.41, 5.74) is 0.402. The van der Waals surface area contributed by atoms with Gasteiger partial charge in [0.05, 0.1) is 11.8 Å². The first-order chi connectivity index (χ1) is 11.3. The van der Waals surface area contributed by atoms with Crippen LogP contribution in [0, 0.1) is 0 Å². The van der Waals surface area contributed by atoms with Crippen molar-refractivity contribution in [3.8, 4) is 0 Å². The van der Waals surface area contributed by atoms with E-state index in [1.807, 2.05) is 6.07 Å². The average molecular weight is 350 g/mol. The molecular formula is C17H22N2O4S. The SMILES string of the molecule is CC1(c2ccc(C(=O)N[C@@H]3C=CS(=O)(=O)C3)c(=O)[nH]2)CCCCC1. The summed E-state index contributed by atoms with van der Waals surface area (Å²) in [5, 5.41) is 3.67. The number of H-pyrrole nitrogens is 1. The van der Waals surface area contributed by atoms with Gasteiger partial charge in [0.1, 0.15) is 5.56 Å². The molecule has 0 unspecified atom stereocenters. The highest BCUT2D eigenvalue weighted by Gasteiger charge is 2.30. The average Bonchev–Trinajstić information content (AvgIpc) is 2.86. The second kappa shape index (κ2) is 6.20. The van der Waals surface area contributed by atoms with E-state index >= 15 is 0 Å². The van der Waals surface area contributed by atoms with Gasteiger partial charge in [-0.2, -0.15) is 0 Å². The minimum Gasteiger partial charge on any atom is -0.345 e. The number of pyridine rings is 1.